The second kappa shape index (κ2) is 4.69. The number of aliphatic hydroxyl groups is 1. The molecule has 2 fully saturated rings. The minimum absolute atomic E-state index is 0.154. The molecule has 0 spiro atoms. The molecule has 92 valence electrons. The average Bonchev–Trinajstić information content (AvgIpc) is 2.59. The molecular formula is C11H20N2O3. The SMILES string of the molecule is CC1(O)CCN(CC(=O)N2CCOCC2)C1. The lowest BCUT2D eigenvalue weighted by atomic mass is 10.1. The molecule has 1 unspecified atom stereocenters. The zero-order valence-electron chi connectivity index (χ0n) is 9.81. The van der Waals surface area contributed by atoms with Gasteiger partial charge in [-0.1, -0.05) is 0 Å². The first-order valence-electron chi connectivity index (χ1n) is 5.87. The van der Waals surface area contributed by atoms with Crippen molar-refractivity contribution in [3.05, 3.63) is 0 Å². The number of nitrogens with zero attached hydrogens (tertiary/aromatic N) is 2. The van der Waals surface area contributed by atoms with Crippen molar-refractivity contribution < 1.29 is 14.6 Å². The molecule has 0 aromatic rings. The molecule has 2 aliphatic rings. The van der Waals surface area contributed by atoms with Gasteiger partial charge < -0.3 is 14.7 Å². The number of ether oxygens (including phenoxy) is 1. The van der Waals surface area contributed by atoms with Gasteiger partial charge in [0.25, 0.3) is 0 Å². The first-order valence-corrected chi connectivity index (χ1v) is 5.87. The third-order valence-electron chi connectivity index (χ3n) is 3.25. The normalized spacial score (nSPS) is 32.0. The molecule has 0 aliphatic carbocycles. The van der Waals surface area contributed by atoms with Crippen molar-refractivity contribution in [3.63, 3.8) is 0 Å². The van der Waals surface area contributed by atoms with E-state index in [4.69, 9.17) is 4.74 Å². The van der Waals surface area contributed by atoms with Crippen LogP contribution in [-0.2, 0) is 9.53 Å². The number of amides is 1. The lowest BCUT2D eigenvalue weighted by Crippen LogP contribution is -2.45. The fourth-order valence-electron chi connectivity index (χ4n) is 2.28. The molecule has 0 radical (unpaired) electrons. The Bertz CT molecular complexity index is 262. The van der Waals surface area contributed by atoms with Crippen LogP contribution in [-0.4, -0.2) is 72.4 Å². The topological polar surface area (TPSA) is 53.0 Å². The first kappa shape index (κ1) is 11.8. The van der Waals surface area contributed by atoms with Crippen LogP contribution in [0.25, 0.3) is 0 Å². The molecule has 2 heterocycles. The van der Waals surface area contributed by atoms with Crippen molar-refractivity contribution in [2.75, 3.05) is 45.9 Å². The molecule has 5 nitrogen and oxygen atoms in total. The van der Waals surface area contributed by atoms with Gasteiger partial charge in [-0.05, 0) is 13.3 Å². The number of likely N-dealkylation sites (tertiary alicyclic amines) is 1. The molecule has 0 saturated carbocycles. The van der Waals surface area contributed by atoms with Gasteiger partial charge in [-0.25, -0.2) is 0 Å². The highest BCUT2D eigenvalue weighted by molar-refractivity contribution is 5.78. The van der Waals surface area contributed by atoms with Crippen molar-refractivity contribution in [2.45, 2.75) is 18.9 Å². The third kappa shape index (κ3) is 2.93. The first-order chi connectivity index (χ1) is 7.57. The van der Waals surface area contributed by atoms with Crippen molar-refractivity contribution in [2.24, 2.45) is 0 Å². The fraction of sp³-hybridized carbons (Fsp3) is 0.909. The molecule has 0 aromatic carbocycles. The number of morpholine rings is 1. The Balaban J connectivity index is 1.79. The summed E-state index contributed by atoms with van der Waals surface area (Å²) in [6.45, 7) is 6.34. The largest absolute Gasteiger partial charge is 0.389 e. The van der Waals surface area contributed by atoms with Gasteiger partial charge in [-0.15, -0.1) is 0 Å². The third-order valence-corrected chi connectivity index (χ3v) is 3.25. The molecule has 5 heteroatoms. The Morgan fingerprint density at radius 1 is 1.38 bits per heavy atom. The predicted octanol–water partition coefficient (Wildman–Crippen LogP) is -0.698. The van der Waals surface area contributed by atoms with Crippen molar-refractivity contribution in [1.82, 2.24) is 9.80 Å². The minimum Gasteiger partial charge on any atom is -0.389 e. The molecular weight excluding hydrogens is 208 g/mol. The van der Waals surface area contributed by atoms with Crippen LogP contribution < -0.4 is 0 Å². The number of rotatable bonds is 2. The van der Waals surface area contributed by atoms with Gasteiger partial charge >= 0.3 is 0 Å². The fourth-order valence-corrected chi connectivity index (χ4v) is 2.28. The average molecular weight is 228 g/mol. The van der Waals surface area contributed by atoms with Crippen LogP contribution >= 0.6 is 0 Å². The van der Waals surface area contributed by atoms with Gasteiger partial charge in [-0.3, -0.25) is 9.69 Å². The molecule has 0 bridgehead atoms. The second-order valence-corrected chi connectivity index (χ2v) is 4.95. The van der Waals surface area contributed by atoms with Crippen LogP contribution in [0.5, 0.6) is 0 Å². The Morgan fingerprint density at radius 3 is 2.62 bits per heavy atom. The summed E-state index contributed by atoms with van der Waals surface area (Å²) in [4.78, 5) is 15.8. The highest BCUT2D eigenvalue weighted by Crippen LogP contribution is 2.19. The second-order valence-electron chi connectivity index (χ2n) is 4.95. The molecule has 1 atom stereocenters. The Kier molecular flexibility index (Phi) is 3.47. The molecule has 2 aliphatic heterocycles. The summed E-state index contributed by atoms with van der Waals surface area (Å²) >= 11 is 0. The molecule has 0 aromatic heterocycles. The maximum atomic E-state index is 11.9. The van der Waals surface area contributed by atoms with Crippen LogP contribution in [0.4, 0.5) is 0 Å². The van der Waals surface area contributed by atoms with E-state index in [9.17, 15) is 9.90 Å². The van der Waals surface area contributed by atoms with Crippen molar-refractivity contribution in [1.29, 1.82) is 0 Å². The van der Waals surface area contributed by atoms with E-state index in [1.165, 1.54) is 0 Å². The Labute approximate surface area is 96.0 Å². The molecule has 16 heavy (non-hydrogen) atoms. The van der Waals surface area contributed by atoms with Crippen molar-refractivity contribution in [3.8, 4) is 0 Å². The molecule has 2 saturated heterocycles. The van der Waals surface area contributed by atoms with E-state index in [1.807, 2.05) is 16.7 Å². The summed E-state index contributed by atoms with van der Waals surface area (Å²) in [6, 6.07) is 0. The van der Waals surface area contributed by atoms with E-state index >= 15 is 0 Å². The lowest BCUT2D eigenvalue weighted by Gasteiger charge is -2.28. The highest BCUT2D eigenvalue weighted by atomic mass is 16.5. The van der Waals surface area contributed by atoms with Crippen molar-refractivity contribution >= 4 is 5.91 Å². The molecule has 1 N–H and O–H groups in total. The number of carbonyl (C=O) groups is 1. The minimum atomic E-state index is -0.620. The summed E-state index contributed by atoms with van der Waals surface area (Å²) < 4.78 is 5.21. The standard InChI is InChI=1S/C11H20N2O3/c1-11(15)2-3-12(9-11)8-10(14)13-4-6-16-7-5-13/h15H,2-9H2,1H3. The predicted molar refractivity (Wildman–Crippen MR) is 59.1 cm³/mol. The smallest absolute Gasteiger partial charge is 0.236 e. The number of hydrogen-bond acceptors (Lipinski definition) is 4. The van der Waals surface area contributed by atoms with Crippen LogP contribution in [0.1, 0.15) is 13.3 Å². The monoisotopic (exact) mass is 228 g/mol. The Morgan fingerprint density at radius 2 is 2.06 bits per heavy atom. The Hall–Kier alpha value is -0.650. The summed E-state index contributed by atoms with van der Waals surface area (Å²) in [7, 11) is 0. The summed E-state index contributed by atoms with van der Waals surface area (Å²) in [5.41, 5.74) is -0.620. The number of β-amino-alcohol motifs (C(OH)–C–C–N with tert-alkyl or cyclic N) is 1. The van der Waals surface area contributed by atoms with Crippen LogP contribution in [0.15, 0.2) is 0 Å². The quantitative estimate of drug-likeness (QED) is 0.679. The number of carbonyl (C=O) groups excluding carboxylic acids is 1. The van der Waals surface area contributed by atoms with E-state index in [1.54, 1.807) is 0 Å². The van der Waals surface area contributed by atoms with Gasteiger partial charge in [0.15, 0.2) is 0 Å². The van der Waals surface area contributed by atoms with E-state index in [0.717, 1.165) is 13.0 Å². The van der Waals surface area contributed by atoms with Crippen LogP contribution in [0, 0.1) is 0 Å². The van der Waals surface area contributed by atoms with Crippen LogP contribution in [0.3, 0.4) is 0 Å². The van der Waals surface area contributed by atoms with Gasteiger partial charge in [0.2, 0.25) is 5.91 Å². The van der Waals surface area contributed by atoms with Gasteiger partial charge in [0.05, 0.1) is 25.4 Å². The van der Waals surface area contributed by atoms with E-state index in [2.05, 4.69) is 0 Å². The van der Waals surface area contributed by atoms with Gasteiger partial charge in [0.1, 0.15) is 0 Å². The summed E-state index contributed by atoms with van der Waals surface area (Å²) in [5, 5.41) is 9.80. The zero-order valence-corrected chi connectivity index (χ0v) is 9.81. The van der Waals surface area contributed by atoms with Crippen LogP contribution in [0.2, 0.25) is 0 Å². The highest BCUT2D eigenvalue weighted by Gasteiger charge is 2.32. The van der Waals surface area contributed by atoms with Gasteiger partial charge in [-0.2, -0.15) is 0 Å². The maximum absolute atomic E-state index is 11.9. The summed E-state index contributed by atoms with van der Waals surface area (Å²) in [5.74, 6) is 0.154. The lowest BCUT2D eigenvalue weighted by molar-refractivity contribution is -0.136. The molecule has 2 rings (SSSR count). The van der Waals surface area contributed by atoms with E-state index in [0.29, 0.717) is 39.4 Å². The van der Waals surface area contributed by atoms with E-state index < -0.39 is 5.60 Å². The molecule has 1 amide bonds. The summed E-state index contributed by atoms with van der Waals surface area (Å²) in [6.07, 6.45) is 0.753. The van der Waals surface area contributed by atoms with E-state index in [-0.39, 0.29) is 5.91 Å². The number of hydrogen-bond donors (Lipinski definition) is 1. The van der Waals surface area contributed by atoms with Gasteiger partial charge in [0, 0.05) is 26.2 Å². The zero-order chi connectivity index (χ0) is 11.6. The maximum Gasteiger partial charge on any atom is 0.236 e.